The van der Waals surface area contributed by atoms with Gasteiger partial charge < -0.3 is 5.32 Å². The number of nitrogens with one attached hydrogen (secondary N) is 1. The van der Waals surface area contributed by atoms with Crippen molar-refractivity contribution in [3.05, 3.63) is 0 Å². The Morgan fingerprint density at radius 2 is 2.18 bits per heavy atom. The Kier molecular flexibility index (Phi) is 4.87. The molecule has 0 aromatic rings. The van der Waals surface area contributed by atoms with Gasteiger partial charge >= 0.3 is 0 Å². The molecule has 2 heterocycles. The highest BCUT2D eigenvalue weighted by atomic mass is 15.2. The molecule has 0 bridgehead atoms. The number of hydrogen-bond donors (Lipinski definition) is 1. The van der Waals surface area contributed by atoms with Crippen molar-refractivity contribution in [3.8, 4) is 0 Å². The number of hydrogen-bond acceptors (Lipinski definition) is 2. The lowest BCUT2D eigenvalue weighted by Gasteiger charge is -2.35. The van der Waals surface area contributed by atoms with Gasteiger partial charge in [0, 0.05) is 19.1 Å². The van der Waals surface area contributed by atoms with Crippen LogP contribution in [0.2, 0.25) is 0 Å². The van der Waals surface area contributed by atoms with E-state index in [4.69, 9.17) is 0 Å². The fraction of sp³-hybridized carbons (Fsp3) is 1.00. The van der Waals surface area contributed by atoms with E-state index in [1.165, 1.54) is 71.1 Å². The first-order valence-electron chi connectivity index (χ1n) is 7.74. The Morgan fingerprint density at radius 1 is 1.29 bits per heavy atom. The minimum absolute atomic E-state index is 0.637. The minimum Gasteiger partial charge on any atom is -0.316 e. The van der Waals surface area contributed by atoms with Gasteiger partial charge in [-0.15, -0.1) is 0 Å². The zero-order valence-electron chi connectivity index (χ0n) is 11.8. The zero-order chi connectivity index (χ0) is 12.1. The smallest absolute Gasteiger partial charge is 0.00928 e. The van der Waals surface area contributed by atoms with Crippen molar-refractivity contribution in [2.75, 3.05) is 26.2 Å². The average Bonchev–Trinajstić information content (AvgIpc) is 2.75. The molecule has 0 radical (unpaired) electrons. The first kappa shape index (κ1) is 13.4. The zero-order valence-corrected chi connectivity index (χ0v) is 11.8. The van der Waals surface area contributed by atoms with Gasteiger partial charge in [-0.05, 0) is 50.6 Å². The molecule has 2 saturated heterocycles. The van der Waals surface area contributed by atoms with Crippen molar-refractivity contribution in [1.29, 1.82) is 0 Å². The van der Waals surface area contributed by atoms with Crippen LogP contribution in [0.4, 0.5) is 0 Å². The summed E-state index contributed by atoms with van der Waals surface area (Å²) >= 11 is 0. The molecular formula is C15H30N2. The van der Waals surface area contributed by atoms with E-state index in [1.807, 2.05) is 0 Å². The van der Waals surface area contributed by atoms with E-state index < -0.39 is 0 Å². The van der Waals surface area contributed by atoms with Gasteiger partial charge in [0.1, 0.15) is 0 Å². The Labute approximate surface area is 107 Å². The molecule has 0 aromatic carbocycles. The molecule has 0 aliphatic carbocycles. The van der Waals surface area contributed by atoms with E-state index in [9.17, 15) is 0 Å². The first-order valence-corrected chi connectivity index (χ1v) is 7.74. The topological polar surface area (TPSA) is 15.3 Å². The van der Waals surface area contributed by atoms with Gasteiger partial charge in [-0.25, -0.2) is 0 Å². The third kappa shape index (κ3) is 3.23. The molecule has 2 heteroatoms. The predicted molar refractivity (Wildman–Crippen MR) is 74.3 cm³/mol. The van der Waals surface area contributed by atoms with Crippen molar-refractivity contribution in [1.82, 2.24) is 10.2 Å². The molecule has 0 saturated carbocycles. The van der Waals surface area contributed by atoms with E-state index >= 15 is 0 Å². The SMILES string of the molecule is CCCCC(CC)N1CCC2(CCCNC2)C1. The second-order valence-corrected chi connectivity index (χ2v) is 6.21. The predicted octanol–water partition coefficient (Wildman–Crippen LogP) is 3.03. The van der Waals surface area contributed by atoms with E-state index in [0.717, 1.165) is 6.04 Å². The highest BCUT2D eigenvalue weighted by Gasteiger charge is 2.40. The van der Waals surface area contributed by atoms with Gasteiger partial charge in [-0.3, -0.25) is 4.90 Å². The molecule has 17 heavy (non-hydrogen) atoms. The second-order valence-electron chi connectivity index (χ2n) is 6.21. The molecular weight excluding hydrogens is 208 g/mol. The van der Waals surface area contributed by atoms with Gasteiger partial charge in [0.15, 0.2) is 0 Å². The summed E-state index contributed by atoms with van der Waals surface area (Å²) < 4.78 is 0. The van der Waals surface area contributed by atoms with Crippen LogP contribution in [0.1, 0.15) is 58.8 Å². The van der Waals surface area contributed by atoms with Crippen LogP contribution in [0.15, 0.2) is 0 Å². The van der Waals surface area contributed by atoms with Gasteiger partial charge in [0.25, 0.3) is 0 Å². The molecule has 2 nitrogen and oxygen atoms in total. The first-order chi connectivity index (χ1) is 8.29. The summed E-state index contributed by atoms with van der Waals surface area (Å²) in [5.74, 6) is 0. The molecule has 1 N–H and O–H groups in total. The summed E-state index contributed by atoms with van der Waals surface area (Å²) in [4.78, 5) is 2.79. The fourth-order valence-electron chi connectivity index (χ4n) is 3.74. The summed E-state index contributed by atoms with van der Waals surface area (Å²) in [5.41, 5.74) is 0.637. The molecule has 2 fully saturated rings. The van der Waals surface area contributed by atoms with Crippen molar-refractivity contribution in [2.24, 2.45) is 5.41 Å². The lowest BCUT2D eigenvalue weighted by molar-refractivity contribution is 0.163. The van der Waals surface area contributed by atoms with Gasteiger partial charge in [0.05, 0.1) is 0 Å². The molecule has 2 unspecified atom stereocenters. The molecule has 0 amide bonds. The number of likely N-dealkylation sites (tertiary alicyclic amines) is 1. The number of piperidine rings is 1. The highest BCUT2D eigenvalue weighted by Crippen LogP contribution is 2.38. The molecule has 100 valence electrons. The summed E-state index contributed by atoms with van der Waals surface area (Å²) in [6.07, 6.45) is 9.78. The average molecular weight is 238 g/mol. The third-order valence-electron chi connectivity index (χ3n) is 4.91. The Morgan fingerprint density at radius 3 is 2.82 bits per heavy atom. The summed E-state index contributed by atoms with van der Waals surface area (Å²) in [5, 5.41) is 3.61. The van der Waals surface area contributed by atoms with Gasteiger partial charge in [-0.1, -0.05) is 26.7 Å². The van der Waals surface area contributed by atoms with Crippen molar-refractivity contribution < 1.29 is 0 Å². The quantitative estimate of drug-likeness (QED) is 0.792. The van der Waals surface area contributed by atoms with E-state index in [0.29, 0.717) is 5.41 Å². The van der Waals surface area contributed by atoms with Crippen LogP contribution in [0.5, 0.6) is 0 Å². The summed E-state index contributed by atoms with van der Waals surface area (Å²) in [7, 11) is 0. The second kappa shape index (κ2) is 6.19. The van der Waals surface area contributed by atoms with Crippen LogP contribution >= 0.6 is 0 Å². The lowest BCUT2D eigenvalue weighted by atomic mass is 9.80. The number of rotatable bonds is 5. The monoisotopic (exact) mass is 238 g/mol. The van der Waals surface area contributed by atoms with Crippen molar-refractivity contribution in [2.45, 2.75) is 64.8 Å². The van der Waals surface area contributed by atoms with Crippen molar-refractivity contribution in [3.63, 3.8) is 0 Å². The van der Waals surface area contributed by atoms with Crippen LogP contribution in [0, 0.1) is 5.41 Å². The molecule has 2 atom stereocenters. The van der Waals surface area contributed by atoms with Crippen LogP contribution in [-0.4, -0.2) is 37.1 Å². The highest BCUT2D eigenvalue weighted by molar-refractivity contribution is 4.95. The normalized spacial score (nSPS) is 32.1. The lowest BCUT2D eigenvalue weighted by Crippen LogP contribution is -2.43. The maximum atomic E-state index is 3.61. The third-order valence-corrected chi connectivity index (χ3v) is 4.91. The fourth-order valence-corrected chi connectivity index (χ4v) is 3.74. The number of nitrogens with zero attached hydrogens (tertiary/aromatic N) is 1. The van der Waals surface area contributed by atoms with Gasteiger partial charge in [0.2, 0.25) is 0 Å². The summed E-state index contributed by atoms with van der Waals surface area (Å²) in [6.45, 7) is 9.91. The maximum absolute atomic E-state index is 3.61. The Balaban J connectivity index is 1.86. The van der Waals surface area contributed by atoms with E-state index in [2.05, 4.69) is 24.1 Å². The van der Waals surface area contributed by atoms with E-state index in [-0.39, 0.29) is 0 Å². The van der Waals surface area contributed by atoms with Crippen LogP contribution < -0.4 is 5.32 Å². The Bertz CT molecular complexity index is 221. The number of unbranched alkanes of at least 4 members (excludes halogenated alkanes) is 1. The largest absolute Gasteiger partial charge is 0.316 e. The van der Waals surface area contributed by atoms with E-state index in [1.54, 1.807) is 0 Å². The standard InChI is InChI=1S/C15H30N2/c1-3-5-7-14(4-2)17-11-9-15(13-17)8-6-10-16-12-15/h14,16H,3-13H2,1-2H3. The maximum Gasteiger partial charge on any atom is 0.00928 e. The molecule has 2 rings (SSSR count). The van der Waals surface area contributed by atoms with Crippen LogP contribution in [0.25, 0.3) is 0 Å². The molecule has 2 aliphatic rings. The Hall–Kier alpha value is -0.0800. The minimum atomic E-state index is 0.637. The summed E-state index contributed by atoms with van der Waals surface area (Å²) in [6, 6.07) is 0.858. The molecule has 0 aromatic heterocycles. The molecule has 1 spiro atoms. The molecule has 2 aliphatic heterocycles. The van der Waals surface area contributed by atoms with Crippen LogP contribution in [-0.2, 0) is 0 Å². The van der Waals surface area contributed by atoms with Crippen LogP contribution in [0.3, 0.4) is 0 Å². The van der Waals surface area contributed by atoms with Crippen molar-refractivity contribution >= 4 is 0 Å². The van der Waals surface area contributed by atoms with Gasteiger partial charge in [-0.2, -0.15) is 0 Å².